The number of nitrogens with two attached hydrogens (primary N) is 1. The molecular formula is C24H43N3O8SSi2. The van der Waals surface area contributed by atoms with Crippen LogP contribution in [0.2, 0.25) is 36.3 Å². The van der Waals surface area contributed by atoms with E-state index in [1.54, 1.807) is 6.92 Å². The molecular weight excluding hydrogens is 547 g/mol. The molecule has 0 bridgehead atoms. The summed E-state index contributed by atoms with van der Waals surface area (Å²) in [4.78, 5) is 27.4. The molecule has 1 spiro atoms. The molecule has 3 heterocycles. The summed E-state index contributed by atoms with van der Waals surface area (Å²) >= 11 is 0. The number of aryl methyl sites for hydroxylation is 1. The summed E-state index contributed by atoms with van der Waals surface area (Å²) in [6.07, 6.45) is -1.93. The predicted molar refractivity (Wildman–Crippen MR) is 150 cm³/mol. The largest absolute Gasteiger partial charge is 0.414 e. The van der Waals surface area contributed by atoms with Crippen LogP contribution in [0.25, 0.3) is 0 Å². The second-order valence-electron chi connectivity index (χ2n) is 13.3. The van der Waals surface area contributed by atoms with Crippen LogP contribution in [0.15, 0.2) is 26.9 Å². The van der Waals surface area contributed by atoms with Crippen molar-refractivity contribution in [2.24, 2.45) is 5.73 Å². The number of H-pyrrole nitrogens is 1. The van der Waals surface area contributed by atoms with E-state index in [0.717, 1.165) is 5.41 Å². The minimum absolute atomic E-state index is 0.0362. The molecule has 14 heteroatoms. The van der Waals surface area contributed by atoms with Crippen LogP contribution in [0, 0.1) is 6.92 Å². The number of aromatic nitrogens is 2. The van der Waals surface area contributed by atoms with Gasteiger partial charge in [-0.3, -0.25) is 14.3 Å². The van der Waals surface area contributed by atoms with E-state index < -0.39 is 62.0 Å². The highest BCUT2D eigenvalue weighted by molar-refractivity contribution is 7.90. The van der Waals surface area contributed by atoms with Crippen molar-refractivity contribution in [3.8, 4) is 0 Å². The fourth-order valence-corrected chi connectivity index (χ4v) is 7.50. The van der Waals surface area contributed by atoms with Crippen LogP contribution >= 0.6 is 0 Å². The number of hydrogen-bond donors (Lipinski definition) is 2. The fourth-order valence-electron chi connectivity index (χ4n) is 3.99. The average Bonchev–Trinajstić information content (AvgIpc) is 3.14. The van der Waals surface area contributed by atoms with Crippen LogP contribution in [0.3, 0.4) is 0 Å². The summed E-state index contributed by atoms with van der Waals surface area (Å²) in [5, 5.41) is 0.462. The first-order chi connectivity index (χ1) is 17.0. The molecule has 0 amide bonds. The summed E-state index contributed by atoms with van der Waals surface area (Å²) in [7, 11) is -9.13. The van der Waals surface area contributed by atoms with Crippen LogP contribution < -0.4 is 17.0 Å². The third kappa shape index (κ3) is 5.40. The highest BCUT2D eigenvalue weighted by Gasteiger charge is 2.67. The third-order valence-corrected chi connectivity index (χ3v) is 18.5. The van der Waals surface area contributed by atoms with Gasteiger partial charge in [-0.1, -0.05) is 41.5 Å². The van der Waals surface area contributed by atoms with E-state index in [0.29, 0.717) is 0 Å². The van der Waals surface area contributed by atoms with Crippen molar-refractivity contribution in [1.29, 1.82) is 0 Å². The molecule has 38 heavy (non-hydrogen) atoms. The van der Waals surface area contributed by atoms with E-state index in [2.05, 4.69) is 38.8 Å². The number of nitrogens with zero attached hydrogens (tertiary/aromatic N) is 1. The molecule has 0 unspecified atom stereocenters. The van der Waals surface area contributed by atoms with Crippen LogP contribution in [0.4, 0.5) is 0 Å². The lowest BCUT2D eigenvalue weighted by Crippen LogP contribution is -2.59. The van der Waals surface area contributed by atoms with Crippen molar-refractivity contribution in [3.05, 3.63) is 43.7 Å². The SMILES string of the molecule is Cc1cn([C@@H]2O[C@H](CO[Si](C)(C)C(C)(C)C)[C@]3(OS(=O)(=O)C=C3N)[C@H]2O[Si](C)(C)C(C)(C)C)c(=O)[nH]c1=O. The molecule has 11 nitrogen and oxygen atoms in total. The summed E-state index contributed by atoms with van der Waals surface area (Å²) in [5.41, 5.74) is 3.61. The molecule has 216 valence electrons. The quantitative estimate of drug-likeness (QED) is 0.377. The lowest BCUT2D eigenvalue weighted by Gasteiger charge is -2.43. The Morgan fingerprint density at radius 2 is 1.63 bits per heavy atom. The Kier molecular flexibility index (Phi) is 7.76. The third-order valence-electron chi connectivity index (χ3n) is 8.49. The zero-order valence-electron chi connectivity index (χ0n) is 24.3. The number of rotatable bonds is 6. The van der Waals surface area contributed by atoms with Crippen LogP contribution in [0.5, 0.6) is 0 Å². The van der Waals surface area contributed by atoms with E-state index in [1.165, 1.54) is 10.8 Å². The van der Waals surface area contributed by atoms with Gasteiger partial charge in [0.1, 0.15) is 12.2 Å². The highest BCUT2D eigenvalue weighted by Crippen LogP contribution is 2.52. The first kappa shape index (κ1) is 31.0. The molecule has 1 aromatic rings. The van der Waals surface area contributed by atoms with Gasteiger partial charge in [0.05, 0.1) is 17.7 Å². The van der Waals surface area contributed by atoms with E-state index in [1.807, 2.05) is 33.9 Å². The maximum atomic E-state index is 13.0. The van der Waals surface area contributed by atoms with E-state index in [-0.39, 0.29) is 27.9 Å². The molecule has 3 N–H and O–H groups in total. The lowest BCUT2D eigenvalue weighted by atomic mass is 9.89. The second kappa shape index (κ2) is 9.52. The molecule has 0 radical (unpaired) electrons. The Bertz CT molecular complexity index is 1340. The summed E-state index contributed by atoms with van der Waals surface area (Å²) in [6.45, 7) is 22.0. The molecule has 2 aliphatic rings. The lowest BCUT2D eigenvalue weighted by molar-refractivity contribution is -0.0563. The smallest absolute Gasteiger partial charge is 0.330 e. The monoisotopic (exact) mass is 589 g/mol. The van der Waals surface area contributed by atoms with Crippen molar-refractivity contribution in [2.45, 2.75) is 109 Å². The normalized spacial score (nSPS) is 28.2. The van der Waals surface area contributed by atoms with E-state index >= 15 is 0 Å². The number of aromatic amines is 1. The van der Waals surface area contributed by atoms with Crippen LogP contribution in [0.1, 0.15) is 53.3 Å². The van der Waals surface area contributed by atoms with Crippen LogP contribution in [-0.4, -0.2) is 59.0 Å². The van der Waals surface area contributed by atoms with Crippen LogP contribution in [-0.2, 0) is 27.9 Å². The van der Waals surface area contributed by atoms with Gasteiger partial charge in [-0.15, -0.1) is 0 Å². The Balaban J connectivity index is 2.24. The van der Waals surface area contributed by atoms with Gasteiger partial charge in [0, 0.05) is 11.8 Å². The maximum Gasteiger partial charge on any atom is 0.330 e. The molecule has 1 fully saturated rings. The molecule has 0 saturated carbocycles. The molecule has 0 aliphatic carbocycles. The zero-order valence-corrected chi connectivity index (χ0v) is 27.1. The number of hydrogen-bond acceptors (Lipinski definition) is 9. The summed E-state index contributed by atoms with van der Waals surface area (Å²) < 4.78 is 52.2. The second-order valence-corrected chi connectivity index (χ2v) is 24.3. The van der Waals surface area contributed by atoms with Gasteiger partial charge in [-0.2, -0.15) is 8.42 Å². The van der Waals surface area contributed by atoms with Gasteiger partial charge in [-0.05, 0) is 43.2 Å². The Labute approximate surface area is 227 Å². The van der Waals surface area contributed by atoms with E-state index in [4.69, 9.17) is 23.5 Å². The molecule has 1 saturated heterocycles. The standard InChI is InChI=1S/C24H43N3O8SSi2/c1-15-12-27(21(29)26-19(15)28)20-18(34-38(10,11)23(5,6)7)24(16(25)14-36(30,31)35-24)17(33-20)13-32-37(8,9)22(2,3)4/h12,14,17-18,20H,13,25H2,1-11H3,(H,26,28,29)/t17-,18+,20-,24+/m1/s1. The minimum atomic E-state index is -4.18. The maximum absolute atomic E-state index is 13.0. The molecule has 1 aromatic heterocycles. The number of ether oxygens (including phenoxy) is 1. The topological polar surface area (TPSA) is 152 Å². The van der Waals surface area contributed by atoms with Crippen molar-refractivity contribution in [1.82, 2.24) is 9.55 Å². The first-order valence-electron chi connectivity index (χ1n) is 12.7. The van der Waals surface area contributed by atoms with E-state index in [9.17, 15) is 18.0 Å². The average molecular weight is 590 g/mol. The minimum Gasteiger partial charge on any atom is -0.414 e. The molecule has 2 aliphatic heterocycles. The Hall–Kier alpha value is -1.56. The molecule has 3 rings (SSSR count). The fraction of sp³-hybridized carbons (Fsp3) is 0.750. The van der Waals surface area contributed by atoms with Gasteiger partial charge in [0.15, 0.2) is 28.5 Å². The van der Waals surface area contributed by atoms with Crippen molar-refractivity contribution in [2.75, 3.05) is 6.61 Å². The van der Waals surface area contributed by atoms with Gasteiger partial charge in [0.2, 0.25) is 0 Å². The zero-order chi connectivity index (χ0) is 29.3. The van der Waals surface area contributed by atoms with Crippen molar-refractivity contribution >= 4 is 26.8 Å². The van der Waals surface area contributed by atoms with Gasteiger partial charge in [0.25, 0.3) is 15.7 Å². The summed E-state index contributed by atoms with van der Waals surface area (Å²) in [6, 6.07) is 0. The number of nitrogens with one attached hydrogen (secondary N) is 1. The van der Waals surface area contributed by atoms with Gasteiger partial charge < -0.3 is 19.3 Å². The Morgan fingerprint density at radius 3 is 2.11 bits per heavy atom. The van der Waals surface area contributed by atoms with Gasteiger partial charge in [-0.25, -0.2) is 8.98 Å². The Morgan fingerprint density at radius 1 is 1.08 bits per heavy atom. The first-order valence-corrected chi connectivity index (χ1v) is 20.0. The molecule has 0 aromatic carbocycles. The predicted octanol–water partition coefficient (Wildman–Crippen LogP) is 3.05. The van der Waals surface area contributed by atoms with Crippen molar-refractivity contribution in [3.63, 3.8) is 0 Å². The highest BCUT2D eigenvalue weighted by atomic mass is 32.2. The summed E-state index contributed by atoms with van der Waals surface area (Å²) in [5.74, 6) is 0. The van der Waals surface area contributed by atoms with Crippen molar-refractivity contribution < 1.29 is 26.2 Å². The van der Waals surface area contributed by atoms with Gasteiger partial charge >= 0.3 is 5.69 Å². The molecule has 4 atom stereocenters.